The molecule has 0 saturated carbocycles. The van der Waals surface area contributed by atoms with E-state index in [2.05, 4.69) is 24.2 Å². The van der Waals surface area contributed by atoms with Gasteiger partial charge >= 0.3 is 0 Å². The molecule has 3 aromatic rings. The summed E-state index contributed by atoms with van der Waals surface area (Å²) >= 11 is 0. The van der Waals surface area contributed by atoms with Crippen LogP contribution in [-0.2, 0) is 13.6 Å². The van der Waals surface area contributed by atoms with Gasteiger partial charge in [-0.2, -0.15) is 5.10 Å². The highest BCUT2D eigenvalue weighted by Crippen LogP contribution is 2.26. The first-order valence-corrected chi connectivity index (χ1v) is 8.90. The lowest BCUT2D eigenvalue weighted by Crippen LogP contribution is -2.38. The van der Waals surface area contributed by atoms with Crippen LogP contribution in [0.15, 0.2) is 36.5 Å². The molecule has 0 aliphatic carbocycles. The molecule has 4 rings (SSSR count). The molecule has 0 unspecified atom stereocenters. The summed E-state index contributed by atoms with van der Waals surface area (Å²) in [5.41, 5.74) is 4.09. The number of aromatic nitrogens is 3. The van der Waals surface area contributed by atoms with Crippen molar-refractivity contribution in [2.45, 2.75) is 39.3 Å². The molecule has 1 aliphatic heterocycles. The zero-order valence-corrected chi connectivity index (χ0v) is 15.1. The molecule has 0 N–H and O–H groups in total. The van der Waals surface area contributed by atoms with Crippen molar-refractivity contribution >= 4 is 16.8 Å². The number of hydrogen-bond acceptors (Lipinski definition) is 2. The van der Waals surface area contributed by atoms with E-state index in [0.29, 0.717) is 0 Å². The Morgan fingerprint density at radius 3 is 2.84 bits per heavy atom. The predicted octanol–water partition coefficient (Wildman–Crippen LogP) is 3.30. The van der Waals surface area contributed by atoms with E-state index in [1.807, 2.05) is 52.5 Å². The molecule has 0 bridgehead atoms. The molecule has 1 atom stereocenters. The topological polar surface area (TPSA) is 43.1 Å². The van der Waals surface area contributed by atoms with Crippen LogP contribution < -0.4 is 0 Å². The van der Waals surface area contributed by atoms with E-state index >= 15 is 0 Å². The maximum atomic E-state index is 13.2. The Morgan fingerprint density at radius 1 is 1.28 bits per heavy atom. The molecule has 0 radical (unpaired) electrons. The molecule has 5 nitrogen and oxygen atoms in total. The molecule has 1 saturated heterocycles. The fourth-order valence-electron chi connectivity index (χ4n) is 4.02. The quantitative estimate of drug-likeness (QED) is 0.736. The number of fused-ring (bicyclic) bond motifs is 1. The van der Waals surface area contributed by atoms with Gasteiger partial charge in [-0.15, -0.1) is 0 Å². The van der Waals surface area contributed by atoms with Crippen molar-refractivity contribution in [1.29, 1.82) is 0 Å². The van der Waals surface area contributed by atoms with Gasteiger partial charge < -0.3 is 9.47 Å². The van der Waals surface area contributed by atoms with E-state index in [-0.39, 0.29) is 11.9 Å². The summed E-state index contributed by atoms with van der Waals surface area (Å²) in [6, 6.07) is 10.4. The summed E-state index contributed by atoms with van der Waals surface area (Å²) < 4.78 is 4.07. The van der Waals surface area contributed by atoms with Crippen LogP contribution in [0.5, 0.6) is 0 Å². The van der Waals surface area contributed by atoms with Crippen molar-refractivity contribution < 1.29 is 4.79 Å². The maximum Gasteiger partial charge on any atom is 0.256 e. The molecule has 25 heavy (non-hydrogen) atoms. The van der Waals surface area contributed by atoms with Gasteiger partial charge in [0.25, 0.3) is 5.91 Å². The Morgan fingerprint density at radius 2 is 2.08 bits per heavy atom. The first-order valence-electron chi connectivity index (χ1n) is 8.90. The summed E-state index contributed by atoms with van der Waals surface area (Å²) in [6.07, 6.45) is 4.06. The Bertz CT molecular complexity index is 936. The number of para-hydroxylation sites is 1. The number of benzene rings is 1. The third kappa shape index (κ3) is 2.73. The standard InChI is InChI=1S/C20H24N4O/c1-14-11-15(2)24(21-14)12-16-7-6-10-23(16)20(25)18-13-22(3)19-9-5-4-8-17(18)19/h4-5,8-9,11,13,16H,6-7,10,12H2,1-3H3/t16-/m1/s1. The second-order valence-corrected chi connectivity index (χ2v) is 7.07. The zero-order valence-electron chi connectivity index (χ0n) is 15.1. The Labute approximate surface area is 147 Å². The molecule has 1 fully saturated rings. The van der Waals surface area contributed by atoms with Crippen molar-refractivity contribution in [3.8, 4) is 0 Å². The lowest BCUT2D eigenvalue weighted by molar-refractivity contribution is 0.0723. The number of hydrogen-bond donors (Lipinski definition) is 0. The van der Waals surface area contributed by atoms with Crippen LogP contribution in [0.4, 0.5) is 0 Å². The van der Waals surface area contributed by atoms with E-state index in [9.17, 15) is 4.79 Å². The van der Waals surface area contributed by atoms with Gasteiger partial charge in [-0.05, 0) is 38.8 Å². The Hall–Kier alpha value is -2.56. The summed E-state index contributed by atoms with van der Waals surface area (Å²) in [7, 11) is 2.00. The van der Waals surface area contributed by atoms with Crippen molar-refractivity contribution in [3.63, 3.8) is 0 Å². The van der Waals surface area contributed by atoms with Crippen molar-refractivity contribution in [3.05, 3.63) is 53.5 Å². The van der Waals surface area contributed by atoms with Crippen LogP contribution in [0, 0.1) is 13.8 Å². The average molecular weight is 336 g/mol. The fraction of sp³-hybridized carbons (Fsp3) is 0.400. The van der Waals surface area contributed by atoms with Gasteiger partial charge in [0.05, 0.1) is 23.8 Å². The van der Waals surface area contributed by atoms with Crippen molar-refractivity contribution in [2.75, 3.05) is 6.54 Å². The number of carbonyl (C=O) groups is 1. The van der Waals surface area contributed by atoms with Gasteiger partial charge in [-0.25, -0.2) is 0 Å². The molecule has 2 aromatic heterocycles. The second kappa shape index (κ2) is 6.06. The SMILES string of the molecule is Cc1cc(C)n(C[C@H]2CCCN2C(=O)c2cn(C)c3ccccc23)n1. The lowest BCUT2D eigenvalue weighted by Gasteiger charge is -2.25. The predicted molar refractivity (Wildman–Crippen MR) is 98.7 cm³/mol. The number of aryl methyl sites for hydroxylation is 3. The van der Waals surface area contributed by atoms with Gasteiger partial charge in [-0.1, -0.05) is 18.2 Å². The maximum absolute atomic E-state index is 13.2. The number of likely N-dealkylation sites (tertiary alicyclic amines) is 1. The smallest absolute Gasteiger partial charge is 0.256 e. The molecule has 0 spiro atoms. The second-order valence-electron chi connectivity index (χ2n) is 7.07. The largest absolute Gasteiger partial charge is 0.350 e. The Balaban J connectivity index is 1.63. The van der Waals surface area contributed by atoms with E-state index in [1.165, 1.54) is 0 Å². The third-order valence-corrected chi connectivity index (χ3v) is 5.25. The molecule has 3 heterocycles. The summed E-state index contributed by atoms with van der Waals surface area (Å²) in [5, 5.41) is 5.60. The van der Waals surface area contributed by atoms with E-state index in [4.69, 9.17) is 0 Å². The highest BCUT2D eigenvalue weighted by molar-refractivity contribution is 6.07. The monoisotopic (exact) mass is 336 g/mol. The summed E-state index contributed by atoms with van der Waals surface area (Å²) in [4.78, 5) is 15.3. The first-order chi connectivity index (χ1) is 12.0. The number of nitrogens with zero attached hydrogens (tertiary/aromatic N) is 4. The molecule has 130 valence electrons. The minimum Gasteiger partial charge on any atom is -0.350 e. The van der Waals surface area contributed by atoms with Crippen LogP contribution in [0.25, 0.3) is 10.9 Å². The highest BCUT2D eigenvalue weighted by Gasteiger charge is 2.31. The summed E-state index contributed by atoms with van der Waals surface area (Å²) in [5.74, 6) is 0.140. The van der Waals surface area contributed by atoms with Crippen LogP contribution in [-0.4, -0.2) is 37.7 Å². The molecule has 1 amide bonds. The van der Waals surface area contributed by atoms with Gasteiger partial charge in [0.1, 0.15) is 0 Å². The fourth-order valence-corrected chi connectivity index (χ4v) is 4.02. The summed E-state index contributed by atoms with van der Waals surface area (Å²) in [6.45, 7) is 5.69. The average Bonchev–Trinajstić information content (AvgIpc) is 3.27. The minimum atomic E-state index is 0.140. The molecule has 5 heteroatoms. The number of rotatable bonds is 3. The molecule has 1 aliphatic rings. The van der Waals surface area contributed by atoms with Crippen LogP contribution in [0.3, 0.4) is 0 Å². The first kappa shape index (κ1) is 15.9. The van der Waals surface area contributed by atoms with Crippen LogP contribution in [0.2, 0.25) is 0 Å². The molecular weight excluding hydrogens is 312 g/mol. The van der Waals surface area contributed by atoms with Crippen LogP contribution >= 0.6 is 0 Å². The highest BCUT2D eigenvalue weighted by atomic mass is 16.2. The van der Waals surface area contributed by atoms with Crippen LogP contribution in [0.1, 0.15) is 34.6 Å². The molecular formula is C20H24N4O. The van der Waals surface area contributed by atoms with Crippen molar-refractivity contribution in [2.24, 2.45) is 7.05 Å². The van der Waals surface area contributed by atoms with Gasteiger partial charge in [0.15, 0.2) is 0 Å². The Kier molecular flexibility index (Phi) is 3.86. The zero-order chi connectivity index (χ0) is 17.6. The van der Waals surface area contributed by atoms with Gasteiger partial charge in [0, 0.05) is 36.4 Å². The van der Waals surface area contributed by atoms with E-state index in [0.717, 1.165) is 53.8 Å². The number of carbonyl (C=O) groups excluding carboxylic acids is 1. The normalized spacial score (nSPS) is 17.6. The number of amides is 1. The lowest BCUT2D eigenvalue weighted by atomic mass is 10.1. The molecule has 1 aromatic carbocycles. The van der Waals surface area contributed by atoms with Gasteiger partial charge in [-0.3, -0.25) is 9.48 Å². The third-order valence-electron chi connectivity index (χ3n) is 5.25. The van der Waals surface area contributed by atoms with E-state index < -0.39 is 0 Å². The van der Waals surface area contributed by atoms with E-state index in [1.54, 1.807) is 0 Å². The minimum absolute atomic E-state index is 0.140. The van der Waals surface area contributed by atoms with Gasteiger partial charge in [0.2, 0.25) is 0 Å². The van der Waals surface area contributed by atoms with Crippen molar-refractivity contribution in [1.82, 2.24) is 19.2 Å².